The van der Waals surface area contributed by atoms with Crippen LogP contribution in [0.1, 0.15) is 23.5 Å². The van der Waals surface area contributed by atoms with Gasteiger partial charge < -0.3 is 15.0 Å². The number of rotatable bonds is 6. The number of fused-ring (bicyclic) bond motifs is 1. The van der Waals surface area contributed by atoms with Gasteiger partial charge in [-0.05, 0) is 36.8 Å². The number of nitrogens with zero attached hydrogens (tertiary/aromatic N) is 2. The van der Waals surface area contributed by atoms with Crippen LogP contribution in [0.3, 0.4) is 0 Å². The van der Waals surface area contributed by atoms with Crippen molar-refractivity contribution in [2.24, 2.45) is 0 Å². The minimum atomic E-state index is -2.86. The van der Waals surface area contributed by atoms with Crippen LogP contribution < -0.4 is 10.1 Å². The molecule has 142 valence electrons. The van der Waals surface area contributed by atoms with Gasteiger partial charge >= 0.3 is 12.6 Å². The molecule has 0 radical (unpaired) electrons. The number of carbonyl (C=O) groups excluding carboxylic acids is 1. The molecule has 1 atom stereocenters. The Balaban J connectivity index is 1.58. The molecular formula is C19H19F2N3O2S. The number of thiazole rings is 1. The lowest BCUT2D eigenvalue weighted by Crippen LogP contribution is -2.38. The summed E-state index contributed by atoms with van der Waals surface area (Å²) in [6.45, 7) is -0.630. The summed E-state index contributed by atoms with van der Waals surface area (Å²) >= 11 is 1.56. The number of aromatic nitrogens is 1. The number of benzene rings is 2. The van der Waals surface area contributed by atoms with E-state index < -0.39 is 6.61 Å². The minimum absolute atomic E-state index is 0.0835. The van der Waals surface area contributed by atoms with Gasteiger partial charge in [-0.2, -0.15) is 8.78 Å². The Morgan fingerprint density at radius 3 is 2.59 bits per heavy atom. The van der Waals surface area contributed by atoms with E-state index >= 15 is 0 Å². The predicted molar refractivity (Wildman–Crippen MR) is 101 cm³/mol. The van der Waals surface area contributed by atoms with E-state index in [4.69, 9.17) is 0 Å². The first-order valence-corrected chi connectivity index (χ1v) is 9.15. The zero-order chi connectivity index (χ0) is 19.4. The van der Waals surface area contributed by atoms with Gasteiger partial charge in [-0.1, -0.05) is 24.3 Å². The summed E-state index contributed by atoms with van der Waals surface area (Å²) in [5.41, 5.74) is 1.71. The van der Waals surface area contributed by atoms with Gasteiger partial charge in [0.1, 0.15) is 10.8 Å². The van der Waals surface area contributed by atoms with Gasteiger partial charge in [0, 0.05) is 7.05 Å². The van der Waals surface area contributed by atoms with Crippen molar-refractivity contribution in [1.82, 2.24) is 15.2 Å². The molecule has 27 heavy (non-hydrogen) atoms. The fourth-order valence-electron chi connectivity index (χ4n) is 2.58. The van der Waals surface area contributed by atoms with Crippen molar-refractivity contribution in [3.8, 4) is 5.75 Å². The van der Waals surface area contributed by atoms with Crippen molar-refractivity contribution in [1.29, 1.82) is 0 Å². The molecule has 0 aliphatic heterocycles. The third-order valence-corrected chi connectivity index (χ3v) is 5.02. The van der Waals surface area contributed by atoms with Gasteiger partial charge in [-0.3, -0.25) is 0 Å². The minimum Gasteiger partial charge on any atom is -0.435 e. The van der Waals surface area contributed by atoms with Gasteiger partial charge in [0.15, 0.2) is 0 Å². The number of urea groups is 1. The van der Waals surface area contributed by atoms with E-state index in [9.17, 15) is 13.6 Å². The van der Waals surface area contributed by atoms with E-state index in [1.54, 1.807) is 35.4 Å². The van der Waals surface area contributed by atoms with Crippen molar-refractivity contribution in [2.75, 3.05) is 7.05 Å². The molecule has 0 spiro atoms. The molecule has 0 saturated heterocycles. The SMILES string of the molecule is CC(NC(=O)N(C)Cc1nc2ccccc2s1)c1ccc(OC(F)F)cc1. The fourth-order valence-corrected chi connectivity index (χ4v) is 3.60. The first-order valence-electron chi connectivity index (χ1n) is 8.33. The Hall–Kier alpha value is -2.74. The molecule has 2 aromatic carbocycles. The third-order valence-electron chi connectivity index (χ3n) is 4.00. The van der Waals surface area contributed by atoms with Crippen LogP contribution in [0.2, 0.25) is 0 Å². The average Bonchev–Trinajstić information content (AvgIpc) is 3.03. The molecule has 5 nitrogen and oxygen atoms in total. The van der Waals surface area contributed by atoms with Crippen LogP contribution in [0.25, 0.3) is 10.2 Å². The smallest absolute Gasteiger partial charge is 0.387 e. The van der Waals surface area contributed by atoms with Crippen LogP contribution in [-0.2, 0) is 6.54 Å². The second kappa shape index (κ2) is 8.30. The van der Waals surface area contributed by atoms with Crippen LogP contribution in [-0.4, -0.2) is 29.6 Å². The second-order valence-electron chi connectivity index (χ2n) is 6.05. The number of amides is 2. The highest BCUT2D eigenvalue weighted by molar-refractivity contribution is 7.18. The summed E-state index contributed by atoms with van der Waals surface area (Å²) < 4.78 is 29.8. The zero-order valence-corrected chi connectivity index (χ0v) is 15.7. The van der Waals surface area contributed by atoms with E-state index in [1.807, 2.05) is 31.2 Å². The maximum atomic E-state index is 12.4. The van der Waals surface area contributed by atoms with Crippen LogP contribution in [0.15, 0.2) is 48.5 Å². The van der Waals surface area contributed by atoms with E-state index in [2.05, 4.69) is 15.0 Å². The molecule has 0 bridgehead atoms. The van der Waals surface area contributed by atoms with Crippen LogP contribution in [0.4, 0.5) is 13.6 Å². The van der Waals surface area contributed by atoms with Gasteiger partial charge in [0.2, 0.25) is 0 Å². The molecule has 0 fully saturated rings. The summed E-state index contributed by atoms with van der Waals surface area (Å²) in [6.07, 6.45) is 0. The number of carbonyl (C=O) groups is 1. The zero-order valence-electron chi connectivity index (χ0n) is 14.9. The standard InChI is InChI=1S/C19H19F2N3O2S/c1-12(13-7-9-14(10-8-13)26-18(20)21)22-19(25)24(2)11-17-23-15-5-3-4-6-16(15)27-17/h3-10,12,18H,11H2,1-2H3,(H,22,25). The number of para-hydroxylation sites is 1. The molecule has 0 saturated carbocycles. The molecule has 0 aliphatic rings. The summed E-state index contributed by atoms with van der Waals surface area (Å²) in [5, 5.41) is 3.74. The lowest BCUT2D eigenvalue weighted by atomic mass is 10.1. The molecule has 1 unspecified atom stereocenters. The molecule has 8 heteroatoms. The lowest BCUT2D eigenvalue weighted by Gasteiger charge is -2.21. The molecule has 1 heterocycles. The number of nitrogens with one attached hydrogen (secondary N) is 1. The highest BCUT2D eigenvalue weighted by Gasteiger charge is 2.15. The van der Waals surface area contributed by atoms with Crippen molar-refractivity contribution in [3.63, 3.8) is 0 Å². The van der Waals surface area contributed by atoms with E-state index in [1.165, 1.54) is 12.1 Å². The Labute approximate surface area is 159 Å². The fraction of sp³-hybridized carbons (Fsp3) is 0.263. The summed E-state index contributed by atoms with van der Waals surface area (Å²) in [6, 6.07) is 13.5. The van der Waals surface area contributed by atoms with Gasteiger partial charge in [0.25, 0.3) is 0 Å². The molecule has 3 rings (SSSR count). The van der Waals surface area contributed by atoms with Gasteiger partial charge in [-0.15, -0.1) is 11.3 Å². The quantitative estimate of drug-likeness (QED) is 0.657. The van der Waals surface area contributed by atoms with Crippen molar-refractivity contribution >= 4 is 27.6 Å². The van der Waals surface area contributed by atoms with Gasteiger partial charge in [0.05, 0.1) is 22.8 Å². The highest BCUT2D eigenvalue weighted by atomic mass is 32.1. The average molecular weight is 391 g/mol. The van der Waals surface area contributed by atoms with E-state index in [-0.39, 0.29) is 17.8 Å². The Bertz CT molecular complexity index is 882. The summed E-state index contributed by atoms with van der Waals surface area (Å²) in [4.78, 5) is 18.5. The maximum Gasteiger partial charge on any atom is 0.387 e. The number of alkyl halides is 2. The number of ether oxygens (including phenoxy) is 1. The first kappa shape index (κ1) is 19.0. The van der Waals surface area contributed by atoms with Gasteiger partial charge in [-0.25, -0.2) is 9.78 Å². The summed E-state index contributed by atoms with van der Waals surface area (Å²) in [5.74, 6) is 0.0835. The Morgan fingerprint density at radius 2 is 1.93 bits per heavy atom. The van der Waals surface area contributed by atoms with E-state index in [0.29, 0.717) is 6.54 Å². The number of halogens is 2. The second-order valence-corrected chi connectivity index (χ2v) is 7.17. The number of hydrogen-bond donors (Lipinski definition) is 1. The maximum absolute atomic E-state index is 12.4. The molecule has 3 aromatic rings. The summed E-state index contributed by atoms with van der Waals surface area (Å²) in [7, 11) is 1.70. The predicted octanol–water partition coefficient (Wildman–Crippen LogP) is 4.80. The van der Waals surface area contributed by atoms with E-state index in [0.717, 1.165) is 20.8 Å². The Morgan fingerprint density at radius 1 is 1.22 bits per heavy atom. The molecule has 0 aliphatic carbocycles. The number of hydrogen-bond acceptors (Lipinski definition) is 4. The Kier molecular flexibility index (Phi) is 5.85. The largest absolute Gasteiger partial charge is 0.435 e. The van der Waals surface area contributed by atoms with Crippen LogP contribution in [0, 0.1) is 0 Å². The first-order chi connectivity index (χ1) is 12.9. The highest BCUT2D eigenvalue weighted by Crippen LogP contribution is 2.23. The van der Waals surface area contributed by atoms with Crippen molar-refractivity contribution in [2.45, 2.75) is 26.1 Å². The van der Waals surface area contributed by atoms with Crippen LogP contribution >= 0.6 is 11.3 Å². The monoisotopic (exact) mass is 391 g/mol. The molecule has 1 aromatic heterocycles. The molecular weight excluding hydrogens is 372 g/mol. The van der Waals surface area contributed by atoms with Crippen molar-refractivity contribution in [3.05, 3.63) is 59.1 Å². The van der Waals surface area contributed by atoms with Crippen molar-refractivity contribution < 1.29 is 18.3 Å². The molecule has 2 amide bonds. The normalized spacial score (nSPS) is 12.2. The third kappa shape index (κ3) is 4.91. The molecule has 1 N–H and O–H groups in total. The topological polar surface area (TPSA) is 54.5 Å². The van der Waals surface area contributed by atoms with Crippen LogP contribution in [0.5, 0.6) is 5.75 Å². The lowest BCUT2D eigenvalue weighted by molar-refractivity contribution is -0.0498.